The van der Waals surface area contributed by atoms with Crippen LogP contribution in [0.1, 0.15) is 16.1 Å². The highest BCUT2D eigenvalue weighted by Gasteiger charge is 2.48. The lowest BCUT2D eigenvalue weighted by Gasteiger charge is -2.37. The summed E-state index contributed by atoms with van der Waals surface area (Å²) in [4.78, 5) is 18.3. The summed E-state index contributed by atoms with van der Waals surface area (Å²) >= 11 is 2.53. The number of carbonyl (C=O) groups excluding carboxylic acids is 1. The topological polar surface area (TPSA) is 98.7 Å². The predicted octanol–water partition coefficient (Wildman–Crippen LogP) is 10.1. The molecule has 1 fully saturated rings. The number of benzene rings is 5. The van der Waals surface area contributed by atoms with Gasteiger partial charge in [-0.05, 0) is 121 Å². The Morgan fingerprint density at radius 1 is 0.770 bits per heavy atom. The molecule has 16 heteroatoms. The molecule has 0 aliphatic carbocycles. The number of anilines is 4. The molecular formula is C45H44F4N6O3S3. The SMILES string of the molecule is CNC(=O)c1c(-c2cccc(N3CCN(c4ccc(NSc5ccc(NCCSc6ccccc6)c(S(=O)(=O)C(F)(F)F)c5)cc4)CC3)c2)c(-c2ccc(F)cc2)n(C)c1C. The Morgan fingerprint density at radius 3 is 2.10 bits per heavy atom. The van der Waals surface area contributed by atoms with Crippen molar-refractivity contribution in [3.8, 4) is 22.4 Å². The third kappa shape index (κ3) is 9.66. The molecule has 3 N–H and O–H groups in total. The van der Waals surface area contributed by atoms with Crippen LogP contribution in [-0.2, 0) is 16.9 Å². The summed E-state index contributed by atoms with van der Waals surface area (Å²) in [5.41, 5.74) is 1.79. The minimum Gasteiger partial charge on any atom is -0.383 e. The van der Waals surface area contributed by atoms with Gasteiger partial charge in [-0.3, -0.25) is 4.79 Å². The van der Waals surface area contributed by atoms with Crippen molar-refractivity contribution < 1.29 is 30.8 Å². The summed E-state index contributed by atoms with van der Waals surface area (Å²) in [6.07, 6.45) is 0. The molecule has 0 radical (unpaired) electrons. The third-order valence-corrected chi connectivity index (χ3v) is 13.9. The number of rotatable bonds is 14. The van der Waals surface area contributed by atoms with Crippen LogP contribution in [-0.4, -0.2) is 69.9 Å². The van der Waals surface area contributed by atoms with Gasteiger partial charge in [-0.1, -0.05) is 30.3 Å². The Labute approximate surface area is 361 Å². The molecule has 1 aliphatic rings. The molecule has 1 aliphatic heterocycles. The number of nitrogens with one attached hydrogen (secondary N) is 3. The molecule has 318 valence electrons. The van der Waals surface area contributed by atoms with Gasteiger partial charge >= 0.3 is 5.51 Å². The predicted molar refractivity (Wildman–Crippen MR) is 240 cm³/mol. The van der Waals surface area contributed by atoms with E-state index in [0.717, 1.165) is 88.5 Å². The molecular weight excluding hydrogens is 845 g/mol. The molecule has 6 aromatic rings. The quantitative estimate of drug-likeness (QED) is 0.0428. The van der Waals surface area contributed by atoms with Crippen LogP contribution in [0.3, 0.4) is 0 Å². The van der Waals surface area contributed by atoms with E-state index in [-0.39, 0.29) is 24.0 Å². The van der Waals surface area contributed by atoms with Gasteiger partial charge in [-0.25, -0.2) is 12.8 Å². The summed E-state index contributed by atoms with van der Waals surface area (Å²) in [6.45, 7) is 5.11. The van der Waals surface area contributed by atoms with Crippen molar-refractivity contribution in [2.45, 2.75) is 27.1 Å². The van der Waals surface area contributed by atoms with E-state index in [0.29, 0.717) is 21.9 Å². The number of sulfone groups is 1. The first-order chi connectivity index (χ1) is 29.2. The number of carbonyl (C=O) groups is 1. The van der Waals surface area contributed by atoms with Crippen molar-refractivity contribution in [1.29, 1.82) is 0 Å². The first-order valence-electron chi connectivity index (χ1n) is 19.4. The molecule has 5 aromatic carbocycles. The second kappa shape index (κ2) is 18.6. The zero-order chi connectivity index (χ0) is 43.3. The maximum atomic E-state index is 13.9. The fourth-order valence-corrected chi connectivity index (χ4v) is 9.81. The van der Waals surface area contributed by atoms with Crippen LogP contribution < -0.4 is 25.2 Å². The largest absolute Gasteiger partial charge is 0.501 e. The van der Waals surface area contributed by atoms with Crippen molar-refractivity contribution in [2.24, 2.45) is 7.05 Å². The van der Waals surface area contributed by atoms with Gasteiger partial charge in [0.2, 0.25) is 0 Å². The molecule has 1 amide bonds. The van der Waals surface area contributed by atoms with E-state index in [1.165, 1.54) is 30.0 Å². The van der Waals surface area contributed by atoms with Gasteiger partial charge in [0.05, 0.1) is 16.9 Å². The molecule has 7 rings (SSSR count). The van der Waals surface area contributed by atoms with Crippen LogP contribution in [0.15, 0.2) is 136 Å². The van der Waals surface area contributed by atoms with Crippen LogP contribution in [0, 0.1) is 12.7 Å². The van der Waals surface area contributed by atoms with Gasteiger partial charge in [0.15, 0.2) is 0 Å². The first kappa shape index (κ1) is 43.5. The van der Waals surface area contributed by atoms with E-state index in [9.17, 15) is 30.8 Å². The second-order valence-corrected chi connectivity index (χ2v) is 18.3. The minimum atomic E-state index is -5.62. The Bertz CT molecular complexity index is 2600. The highest BCUT2D eigenvalue weighted by Crippen LogP contribution is 2.41. The number of amides is 1. The Kier molecular flexibility index (Phi) is 13.3. The number of alkyl halides is 3. The van der Waals surface area contributed by atoms with Gasteiger partial charge in [0.25, 0.3) is 15.7 Å². The van der Waals surface area contributed by atoms with E-state index in [1.54, 1.807) is 25.2 Å². The lowest BCUT2D eigenvalue weighted by atomic mass is 9.96. The van der Waals surface area contributed by atoms with Gasteiger partial charge < -0.3 is 29.7 Å². The molecule has 61 heavy (non-hydrogen) atoms. The number of thioether (sulfide) groups is 1. The first-order valence-corrected chi connectivity index (χ1v) is 22.7. The maximum Gasteiger partial charge on any atom is 0.501 e. The zero-order valence-electron chi connectivity index (χ0n) is 33.6. The summed E-state index contributed by atoms with van der Waals surface area (Å²) in [5.74, 6) is -0.0187. The fourth-order valence-electron chi connectivity index (χ4n) is 7.30. The van der Waals surface area contributed by atoms with E-state index in [4.69, 9.17) is 0 Å². The zero-order valence-corrected chi connectivity index (χ0v) is 36.0. The summed E-state index contributed by atoms with van der Waals surface area (Å²) in [6, 6.07) is 35.6. The Morgan fingerprint density at radius 2 is 1.44 bits per heavy atom. The number of hydrogen-bond acceptors (Lipinski definition) is 9. The van der Waals surface area contributed by atoms with Crippen LogP contribution in [0.4, 0.5) is 40.3 Å². The Balaban J connectivity index is 0.998. The molecule has 0 spiro atoms. The van der Waals surface area contributed by atoms with Gasteiger partial charge in [0.1, 0.15) is 10.7 Å². The van der Waals surface area contributed by atoms with Crippen LogP contribution >= 0.6 is 23.7 Å². The normalized spacial score (nSPS) is 13.3. The highest BCUT2D eigenvalue weighted by molar-refractivity contribution is 8.00. The molecule has 0 saturated carbocycles. The number of halogens is 4. The van der Waals surface area contributed by atoms with Gasteiger partial charge in [-0.15, -0.1) is 11.8 Å². The minimum absolute atomic E-state index is 0.107. The molecule has 1 aromatic heterocycles. The monoisotopic (exact) mass is 888 g/mol. The highest BCUT2D eigenvalue weighted by atomic mass is 32.2. The molecule has 0 atom stereocenters. The lowest BCUT2D eigenvalue weighted by molar-refractivity contribution is -0.0435. The third-order valence-electron chi connectivity index (χ3n) is 10.5. The number of nitrogens with zero attached hydrogens (tertiary/aromatic N) is 3. The van der Waals surface area contributed by atoms with E-state index >= 15 is 0 Å². The maximum absolute atomic E-state index is 13.9. The summed E-state index contributed by atoms with van der Waals surface area (Å²) in [5, 5.41) is 5.66. The van der Waals surface area contributed by atoms with E-state index < -0.39 is 20.2 Å². The number of piperazine rings is 1. The van der Waals surface area contributed by atoms with Crippen molar-refractivity contribution in [2.75, 3.05) is 65.4 Å². The van der Waals surface area contributed by atoms with Gasteiger partial charge in [-0.2, -0.15) is 13.2 Å². The van der Waals surface area contributed by atoms with E-state index in [1.807, 2.05) is 85.3 Å². The lowest BCUT2D eigenvalue weighted by Crippen LogP contribution is -2.46. The van der Waals surface area contributed by atoms with Crippen molar-refractivity contribution in [1.82, 2.24) is 9.88 Å². The smallest absolute Gasteiger partial charge is 0.383 e. The van der Waals surface area contributed by atoms with Crippen LogP contribution in [0.2, 0.25) is 0 Å². The van der Waals surface area contributed by atoms with Gasteiger partial charge in [0, 0.05) is 90.7 Å². The number of aromatic nitrogens is 1. The summed E-state index contributed by atoms with van der Waals surface area (Å²) < 4.78 is 85.5. The van der Waals surface area contributed by atoms with Crippen molar-refractivity contribution in [3.05, 3.63) is 138 Å². The molecule has 9 nitrogen and oxygen atoms in total. The van der Waals surface area contributed by atoms with Crippen LogP contribution in [0.5, 0.6) is 0 Å². The van der Waals surface area contributed by atoms with Crippen molar-refractivity contribution in [3.63, 3.8) is 0 Å². The Hall–Kier alpha value is -5.58. The fraction of sp³-hybridized carbons (Fsp3) is 0.222. The summed E-state index contributed by atoms with van der Waals surface area (Å²) in [7, 11) is -2.10. The molecule has 2 heterocycles. The molecule has 0 unspecified atom stereocenters. The molecule has 1 saturated heterocycles. The second-order valence-electron chi connectivity index (χ2n) is 14.3. The molecule has 0 bridgehead atoms. The van der Waals surface area contributed by atoms with Crippen LogP contribution in [0.25, 0.3) is 22.4 Å². The average Bonchev–Trinajstić information content (AvgIpc) is 3.54. The van der Waals surface area contributed by atoms with Crippen molar-refractivity contribution >= 4 is 62.2 Å². The standard InChI is InChI=1S/C45H44F4N6O3S3/c1-30-41(44(56)50-2)42(43(53(30)3)31-12-14-33(46)15-13-31)32-8-7-9-36(28-32)55-25-23-54(24-26-55)35-18-16-34(17-19-35)52-60-38-20-21-39(40(29-38)61(57,58)45(47,48)49)51-22-27-59-37-10-5-4-6-11-37/h4-21,28-29,51-52H,22-27H2,1-3H3,(H,50,56). The van der Waals surface area contributed by atoms with E-state index in [2.05, 4.69) is 37.3 Å². The number of hydrogen-bond donors (Lipinski definition) is 3. The average molecular weight is 889 g/mol.